The lowest BCUT2D eigenvalue weighted by Crippen LogP contribution is -2.35. The predicted molar refractivity (Wildman–Crippen MR) is 161 cm³/mol. The summed E-state index contributed by atoms with van der Waals surface area (Å²) in [5.41, 5.74) is 2.98. The van der Waals surface area contributed by atoms with E-state index in [0.29, 0.717) is 6.04 Å². The molecule has 0 bridgehead atoms. The van der Waals surface area contributed by atoms with Crippen LogP contribution in [-0.4, -0.2) is 13.2 Å². The molecule has 1 fully saturated rings. The van der Waals surface area contributed by atoms with E-state index in [1.807, 2.05) is 6.07 Å². The van der Waals surface area contributed by atoms with Crippen molar-refractivity contribution in [2.75, 3.05) is 11.8 Å². The van der Waals surface area contributed by atoms with E-state index in [-0.39, 0.29) is 6.04 Å². The van der Waals surface area contributed by atoms with Crippen molar-refractivity contribution in [2.45, 2.75) is 89.6 Å². The zero-order valence-electron chi connectivity index (χ0n) is 23.0. The van der Waals surface area contributed by atoms with Crippen LogP contribution < -0.4 is 9.41 Å². The number of rotatable bonds is 5. The molecular weight excluding hydrogens is 489 g/mol. The van der Waals surface area contributed by atoms with Crippen molar-refractivity contribution in [3.63, 3.8) is 0 Å². The van der Waals surface area contributed by atoms with Gasteiger partial charge in [0.1, 0.15) is 16.9 Å². The highest BCUT2D eigenvalue weighted by atomic mass is 31.1. The molecule has 0 spiro atoms. The van der Waals surface area contributed by atoms with E-state index in [4.69, 9.17) is 13.1 Å². The minimum absolute atomic E-state index is 0.0765. The average Bonchev–Trinajstić information content (AvgIpc) is 3.11. The Morgan fingerprint density at radius 3 is 1.71 bits per heavy atom. The van der Waals surface area contributed by atoms with Gasteiger partial charge in [0.2, 0.25) is 0 Å². The summed E-state index contributed by atoms with van der Waals surface area (Å²) in [5.74, 6) is 0.920. The second kappa shape index (κ2) is 13.4. The minimum atomic E-state index is -1.41. The molecule has 1 saturated carbocycles. The Labute approximate surface area is 228 Å². The summed E-state index contributed by atoms with van der Waals surface area (Å²) in [6.07, 6.45) is 14.3. The summed E-state index contributed by atoms with van der Waals surface area (Å²) < 4.78 is 22.1. The standard InChI is InChI=1S/C33H42NO3P/c1-26(28-20-12-15-23-31(28)35-2)34(27-18-10-8-6-4-3-5-7-9-11-19-27)38-36-32-24-16-13-21-29(32)30-22-14-17-25-33(30)37-38/h12-17,20-27H,3-11,18-19H2,1-2H3/t26-/m1/s1. The summed E-state index contributed by atoms with van der Waals surface area (Å²) >= 11 is 0. The number of hydrogen-bond acceptors (Lipinski definition) is 4. The van der Waals surface area contributed by atoms with Gasteiger partial charge in [-0.05, 0) is 38.0 Å². The van der Waals surface area contributed by atoms with Crippen molar-refractivity contribution in [3.05, 3.63) is 78.4 Å². The zero-order valence-corrected chi connectivity index (χ0v) is 23.9. The predicted octanol–water partition coefficient (Wildman–Crippen LogP) is 10.7. The number of ether oxygens (including phenoxy) is 1. The molecule has 0 unspecified atom stereocenters. The summed E-state index contributed by atoms with van der Waals surface area (Å²) in [7, 11) is 0.358. The molecule has 0 aliphatic heterocycles. The fourth-order valence-corrected chi connectivity index (χ4v) is 7.76. The summed E-state index contributed by atoms with van der Waals surface area (Å²) in [6, 6.07) is 25.6. The van der Waals surface area contributed by atoms with Crippen LogP contribution in [0.5, 0.6) is 5.75 Å². The van der Waals surface area contributed by atoms with E-state index in [9.17, 15) is 0 Å². The summed E-state index contributed by atoms with van der Waals surface area (Å²) in [5, 5.41) is 2.19. The summed E-state index contributed by atoms with van der Waals surface area (Å²) in [6.45, 7) is 2.30. The molecule has 4 nitrogen and oxygen atoms in total. The van der Waals surface area contributed by atoms with Crippen LogP contribution in [0.1, 0.15) is 89.2 Å². The normalized spacial score (nSPS) is 17.1. The van der Waals surface area contributed by atoms with Crippen LogP contribution in [0.25, 0.3) is 21.9 Å². The SMILES string of the molecule is COc1ccccc1[C@@H](C)N(C1CCCCCCCCCCC1)p1oc2ccccc2c2ccccc2o1. The van der Waals surface area contributed by atoms with Crippen LogP contribution in [0, 0.1) is 0 Å². The van der Waals surface area contributed by atoms with Gasteiger partial charge in [0.05, 0.1) is 7.11 Å². The molecule has 0 amide bonds. The average molecular weight is 532 g/mol. The van der Waals surface area contributed by atoms with Crippen LogP contribution in [0.3, 0.4) is 0 Å². The third-order valence-electron chi connectivity index (χ3n) is 8.04. The number of para-hydroxylation sites is 3. The van der Waals surface area contributed by atoms with Crippen molar-refractivity contribution < 1.29 is 13.1 Å². The van der Waals surface area contributed by atoms with E-state index < -0.39 is 8.16 Å². The van der Waals surface area contributed by atoms with Crippen molar-refractivity contribution in [3.8, 4) is 5.75 Å². The fourth-order valence-electron chi connectivity index (χ4n) is 5.97. The molecule has 1 aliphatic carbocycles. The van der Waals surface area contributed by atoms with Gasteiger partial charge in [0.15, 0.2) is 0 Å². The van der Waals surface area contributed by atoms with Gasteiger partial charge in [-0.15, -0.1) is 0 Å². The van der Waals surface area contributed by atoms with Gasteiger partial charge in [-0.25, -0.2) is 0 Å². The van der Waals surface area contributed by atoms with Crippen LogP contribution in [0.15, 0.2) is 81.2 Å². The van der Waals surface area contributed by atoms with Crippen LogP contribution in [-0.2, 0) is 0 Å². The monoisotopic (exact) mass is 531 g/mol. The van der Waals surface area contributed by atoms with Crippen molar-refractivity contribution in [1.29, 1.82) is 0 Å². The maximum Gasteiger partial charge on any atom is 0.310 e. The number of hydrogen-bond donors (Lipinski definition) is 0. The van der Waals surface area contributed by atoms with E-state index in [1.54, 1.807) is 7.11 Å². The fraction of sp³-hybridized carbons (Fsp3) is 0.455. The third kappa shape index (κ3) is 6.30. The van der Waals surface area contributed by atoms with Crippen molar-refractivity contribution >= 4 is 30.1 Å². The van der Waals surface area contributed by atoms with Crippen molar-refractivity contribution in [2.24, 2.45) is 0 Å². The Morgan fingerprint density at radius 2 is 1.16 bits per heavy atom. The Hall–Kier alpha value is -2.68. The Morgan fingerprint density at radius 1 is 0.684 bits per heavy atom. The number of fused-ring (bicyclic) bond motifs is 3. The number of benzene rings is 3. The van der Waals surface area contributed by atoms with Gasteiger partial charge in [0, 0.05) is 28.4 Å². The zero-order chi connectivity index (χ0) is 26.2. The van der Waals surface area contributed by atoms with E-state index >= 15 is 0 Å². The number of methoxy groups -OCH3 is 1. The molecule has 3 aromatic carbocycles. The van der Waals surface area contributed by atoms with Gasteiger partial charge in [-0.2, -0.15) is 4.67 Å². The molecule has 202 valence electrons. The number of nitrogens with zero attached hydrogens (tertiary/aromatic N) is 1. The maximum absolute atomic E-state index is 6.87. The largest absolute Gasteiger partial charge is 0.496 e. The van der Waals surface area contributed by atoms with Gasteiger partial charge in [-0.3, -0.25) is 0 Å². The lowest BCUT2D eigenvalue weighted by Gasteiger charge is -2.34. The van der Waals surface area contributed by atoms with Crippen LogP contribution in [0.2, 0.25) is 0 Å². The van der Waals surface area contributed by atoms with E-state index in [1.165, 1.54) is 63.4 Å². The lowest BCUT2D eigenvalue weighted by molar-refractivity contribution is 0.396. The second-order valence-electron chi connectivity index (χ2n) is 10.6. The van der Waals surface area contributed by atoms with E-state index in [0.717, 1.165) is 40.5 Å². The molecule has 1 atom stereocenters. The van der Waals surface area contributed by atoms with Crippen LogP contribution >= 0.6 is 8.16 Å². The first-order chi connectivity index (χ1) is 18.8. The second-order valence-corrected chi connectivity index (χ2v) is 11.9. The molecule has 0 saturated heterocycles. The first kappa shape index (κ1) is 26.9. The summed E-state index contributed by atoms with van der Waals surface area (Å²) in [4.78, 5) is 0. The quantitative estimate of drug-likeness (QED) is 0.257. The molecule has 0 N–H and O–H groups in total. The highest BCUT2D eigenvalue weighted by Gasteiger charge is 2.31. The molecule has 38 heavy (non-hydrogen) atoms. The van der Waals surface area contributed by atoms with Crippen molar-refractivity contribution in [1.82, 2.24) is 0 Å². The van der Waals surface area contributed by atoms with E-state index in [2.05, 4.69) is 78.3 Å². The Bertz CT molecular complexity index is 1280. The third-order valence-corrected chi connectivity index (χ3v) is 9.80. The first-order valence-electron chi connectivity index (χ1n) is 14.5. The molecule has 5 rings (SSSR count). The van der Waals surface area contributed by atoms with Gasteiger partial charge in [0.25, 0.3) is 0 Å². The highest BCUT2D eigenvalue weighted by Crippen LogP contribution is 2.45. The molecule has 1 heterocycles. The molecule has 0 radical (unpaired) electrons. The van der Waals surface area contributed by atoms with Gasteiger partial charge >= 0.3 is 8.16 Å². The minimum Gasteiger partial charge on any atom is -0.496 e. The van der Waals surface area contributed by atoms with Crippen LogP contribution in [0.4, 0.5) is 0 Å². The highest BCUT2D eigenvalue weighted by molar-refractivity contribution is 7.39. The topological polar surface area (TPSA) is 38.8 Å². The van der Waals surface area contributed by atoms with Gasteiger partial charge in [-0.1, -0.05) is 112 Å². The lowest BCUT2D eigenvalue weighted by atomic mass is 9.96. The first-order valence-corrected chi connectivity index (χ1v) is 15.6. The smallest absolute Gasteiger partial charge is 0.310 e. The van der Waals surface area contributed by atoms with Gasteiger partial charge < -0.3 is 13.1 Å². The molecule has 4 aromatic rings. The maximum atomic E-state index is 6.87. The molecule has 1 aliphatic rings. The molecular formula is C33H42NO3P. The molecule has 5 heteroatoms. The molecule has 1 aromatic heterocycles. The Balaban J connectivity index is 1.66. The Kier molecular flexibility index (Phi) is 9.49.